The van der Waals surface area contributed by atoms with E-state index in [0.717, 1.165) is 24.5 Å². The Morgan fingerprint density at radius 3 is 2.53 bits per heavy atom. The molecule has 1 aromatic carbocycles. The Bertz CT molecular complexity index is 528. The smallest absolute Gasteiger partial charge is 0.147 e. The quantitative estimate of drug-likeness (QED) is 0.911. The van der Waals surface area contributed by atoms with Gasteiger partial charge in [-0.15, -0.1) is 0 Å². The monoisotopic (exact) mass is 275 g/mol. The molecule has 100 valence electrons. The molecule has 0 radical (unpaired) electrons. The third-order valence-electron chi connectivity index (χ3n) is 3.01. The second-order valence-electron chi connectivity index (χ2n) is 4.35. The number of anilines is 1. The number of benzene rings is 1. The molecule has 0 amide bonds. The number of rotatable bonds is 5. The topological polar surface area (TPSA) is 42.2 Å². The van der Waals surface area contributed by atoms with E-state index in [1.54, 1.807) is 6.20 Å². The summed E-state index contributed by atoms with van der Waals surface area (Å²) in [5.41, 5.74) is 7.78. The molecule has 2 aromatic rings. The zero-order chi connectivity index (χ0) is 13.7. The predicted molar refractivity (Wildman–Crippen MR) is 80.3 cm³/mol. The van der Waals surface area contributed by atoms with Gasteiger partial charge in [0, 0.05) is 25.8 Å². The highest BCUT2D eigenvalue weighted by Crippen LogP contribution is 2.25. The average Bonchev–Trinajstić information content (AvgIpc) is 2.46. The zero-order valence-electron chi connectivity index (χ0n) is 11.0. The van der Waals surface area contributed by atoms with Crippen molar-refractivity contribution in [1.29, 1.82) is 0 Å². The minimum absolute atomic E-state index is 0.456. The van der Waals surface area contributed by atoms with Crippen LogP contribution in [-0.2, 0) is 13.1 Å². The maximum Gasteiger partial charge on any atom is 0.147 e. The predicted octanol–water partition coefficient (Wildman–Crippen LogP) is 3.22. The molecule has 0 fully saturated rings. The molecule has 0 saturated carbocycles. The molecule has 1 heterocycles. The van der Waals surface area contributed by atoms with Crippen LogP contribution in [0.25, 0.3) is 0 Å². The van der Waals surface area contributed by atoms with Crippen molar-refractivity contribution < 1.29 is 0 Å². The normalized spacial score (nSPS) is 10.5. The van der Waals surface area contributed by atoms with Gasteiger partial charge in [-0.05, 0) is 24.1 Å². The van der Waals surface area contributed by atoms with Crippen molar-refractivity contribution in [3.8, 4) is 0 Å². The SMILES string of the molecule is CCN(Cc1ccccc1)c1ncc(CN)cc1Cl. The molecule has 2 rings (SSSR count). The minimum Gasteiger partial charge on any atom is -0.351 e. The summed E-state index contributed by atoms with van der Waals surface area (Å²) < 4.78 is 0. The Hall–Kier alpha value is -1.58. The summed E-state index contributed by atoms with van der Waals surface area (Å²) in [7, 11) is 0. The number of aromatic nitrogens is 1. The van der Waals surface area contributed by atoms with E-state index in [0.29, 0.717) is 11.6 Å². The van der Waals surface area contributed by atoms with E-state index in [-0.39, 0.29) is 0 Å². The molecule has 0 bridgehead atoms. The van der Waals surface area contributed by atoms with Gasteiger partial charge in [-0.3, -0.25) is 0 Å². The molecule has 3 nitrogen and oxygen atoms in total. The highest BCUT2D eigenvalue weighted by atomic mass is 35.5. The van der Waals surface area contributed by atoms with Crippen LogP contribution in [0.4, 0.5) is 5.82 Å². The standard InChI is InChI=1S/C15H18ClN3/c1-2-19(11-12-6-4-3-5-7-12)15-14(16)8-13(9-17)10-18-15/h3-8,10H,2,9,11,17H2,1H3. The Kier molecular flexibility index (Phi) is 4.77. The molecule has 0 saturated heterocycles. The number of halogens is 1. The third-order valence-corrected chi connectivity index (χ3v) is 3.29. The summed E-state index contributed by atoms with van der Waals surface area (Å²) in [6.07, 6.45) is 1.79. The molecule has 0 aliphatic rings. The summed E-state index contributed by atoms with van der Waals surface area (Å²) in [4.78, 5) is 6.58. The molecular weight excluding hydrogens is 258 g/mol. The van der Waals surface area contributed by atoms with Crippen molar-refractivity contribution in [2.75, 3.05) is 11.4 Å². The van der Waals surface area contributed by atoms with Gasteiger partial charge in [0.1, 0.15) is 5.82 Å². The minimum atomic E-state index is 0.456. The van der Waals surface area contributed by atoms with E-state index in [4.69, 9.17) is 17.3 Å². The van der Waals surface area contributed by atoms with Crippen LogP contribution in [0.5, 0.6) is 0 Å². The lowest BCUT2D eigenvalue weighted by Crippen LogP contribution is -2.23. The Morgan fingerprint density at radius 1 is 1.21 bits per heavy atom. The maximum absolute atomic E-state index is 6.29. The summed E-state index contributed by atoms with van der Waals surface area (Å²) in [5.74, 6) is 0.810. The van der Waals surface area contributed by atoms with E-state index in [2.05, 4.69) is 28.9 Å². The van der Waals surface area contributed by atoms with Crippen LogP contribution in [0.15, 0.2) is 42.6 Å². The first-order valence-electron chi connectivity index (χ1n) is 6.38. The van der Waals surface area contributed by atoms with E-state index in [1.807, 2.05) is 24.3 Å². The van der Waals surface area contributed by atoms with Crippen molar-refractivity contribution >= 4 is 17.4 Å². The van der Waals surface area contributed by atoms with Gasteiger partial charge < -0.3 is 10.6 Å². The van der Waals surface area contributed by atoms with Crippen LogP contribution in [-0.4, -0.2) is 11.5 Å². The molecule has 19 heavy (non-hydrogen) atoms. The Morgan fingerprint density at radius 2 is 1.95 bits per heavy atom. The molecule has 0 aliphatic heterocycles. The fourth-order valence-electron chi connectivity index (χ4n) is 1.95. The molecule has 1 aromatic heterocycles. The van der Waals surface area contributed by atoms with Crippen molar-refractivity contribution in [1.82, 2.24) is 4.98 Å². The second kappa shape index (κ2) is 6.55. The lowest BCUT2D eigenvalue weighted by atomic mass is 10.2. The van der Waals surface area contributed by atoms with Crippen molar-refractivity contribution in [2.24, 2.45) is 5.73 Å². The summed E-state index contributed by atoms with van der Waals surface area (Å²) >= 11 is 6.29. The zero-order valence-corrected chi connectivity index (χ0v) is 11.8. The number of nitrogens with zero attached hydrogens (tertiary/aromatic N) is 2. The van der Waals surface area contributed by atoms with E-state index >= 15 is 0 Å². The van der Waals surface area contributed by atoms with Crippen LogP contribution in [0, 0.1) is 0 Å². The molecule has 4 heteroatoms. The molecular formula is C15H18ClN3. The van der Waals surface area contributed by atoms with Crippen LogP contribution in [0.1, 0.15) is 18.1 Å². The summed E-state index contributed by atoms with van der Waals surface area (Å²) in [6.45, 7) is 4.20. The van der Waals surface area contributed by atoms with Crippen LogP contribution >= 0.6 is 11.6 Å². The largest absolute Gasteiger partial charge is 0.351 e. The first-order valence-corrected chi connectivity index (χ1v) is 6.75. The number of hydrogen-bond donors (Lipinski definition) is 1. The average molecular weight is 276 g/mol. The van der Waals surface area contributed by atoms with E-state index in [1.165, 1.54) is 5.56 Å². The van der Waals surface area contributed by atoms with Gasteiger partial charge >= 0.3 is 0 Å². The van der Waals surface area contributed by atoms with Crippen molar-refractivity contribution in [3.63, 3.8) is 0 Å². The van der Waals surface area contributed by atoms with Gasteiger partial charge in [-0.2, -0.15) is 0 Å². The fourth-order valence-corrected chi connectivity index (χ4v) is 2.26. The van der Waals surface area contributed by atoms with E-state index < -0.39 is 0 Å². The van der Waals surface area contributed by atoms with Gasteiger partial charge in [0.15, 0.2) is 0 Å². The van der Waals surface area contributed by atoms with Gasteiger partial charge in [0.25, 0.3) is 0 Å². The maximum atomic E-state index is 6.29. The first kappa shape index (κ1) is 13.8. The molecule has 0 aliphatic carbocycles. The third kappa shape index (κ3) is 3.46. The van der Waals surface area contributed by atoms with Gasteiger partial charge in [0.05, 0.1) is 5.02 Å². The van der Waals surface area contributed by atoms with Crippen molar-refractivity contribution in [2.45, 2.75) is 20.0 Å². The van der Waals surface area contributed by atoms with Gasteiger partial charge in [0.2, 0.25) is 0 Å². The molecule has 0 unspecified atom stereocenters. The Balaban J connectivity index is 2.22. The Labute approximate surface area is 119 Å². The van der Waals surface area contributed by atoms with Crippen LogP contribution < -0.4 is 10.6 Å². The summed E-state index contributed by atoms with van der Waals surface area (Å²) in [5, 5.41) is 0.653. The van der Waals surface area contributed by atoms with Crippen molar-refractivity contribution in [3.05, 3.63) is 58.7 Å². The second-order valence-corrected chi connectivity index (χ2v) is 4.76. The number of nitrogens with two attached hydrogens (primary N) is 1. The van der Waals surface area contributed by atoms with Crippen LogP contribution in [0.2, 0.25) is 5.02 Å². The van der Waals surface area contributed by atoms with Gasteiger partial charge in [-0.25, -0.2) is 4.98 Å². The lowest BCUT2D eigenvalue weighted by Gasteiger charge is -2.23. The number of pyridine rings is 1. The highest BCUT2D eigenvalue weighted by Gasteiger charge is 2.11. The fraction of sp³-hybridized carbons (Fsp3) is 0.267. The highest BCUT2D eigenvalue weighted by molar-refractivity contribution is 6.33. The lowest BCUT2D eigenvalue weighted by molar-refractivity contribution is 0.812. The molecule has 0 spiro atoms. The summed E-state index contributed by atoms with van der Waals surface area (Å²) in [6, 6.07) is 12.2. The van der Waals surface area contributed by atoms with Gasteiger partial charge in [-0.1, -0.05) is 41.9 Å². The van der Waals surface area contributed by atoms with Crippen LogP contribution in [0.3, 0.4) is 0 Å². The molecule has 2 N–H and O–H groups in total. The number of hydrogen-bond acceptors (Lipinski definition) is 3. The first-order chi connectivity index (χ1) is 9.24. The molecule has 0 atom stereocenters. The van der Waals surface area contributed by atoms with E-state index in [9.17, 15) is 0 Å².